The van der Waals surface area contributed by atoms with Gasteiger partial charge in [0.15, 0.2) is 0 Å². The van der Waals surface area contributed by atoms with Crippen LogP contribution in [-0.4, -0.2) is 48.3 Å². The molecule has 4 heteroatoms. The number of nitrogens with zero attached hydrogens (tertiary/aromatic N) is 1. The van der Waals surface area contributed by atoms with Gasteiger partial charge in [0.05, 0.1) is 12.5 Å². The quantitative estimate of drug-likeness (QED) is 0.715. The first kappa shape index (κ1) is 11.5. The SMILES string of the molecule is CCN(CC(C)C(=O)O)C1CCOC1. The minimum Gasteiger partial charge on any atom is -0.481 e. The van der Waals surface area contributed by atoms with Crippen LogP contribution >= 0.6 is 0 Å². The average Bonchev–Trinajstić information content (AvgIpc) is 2.66. The van der Waals surface area contributed by atoms with Gasteiger partial charge in [-0.1, -0.05) is 13.8 Å². The van der Waals surface area contributed by atoms with Crippen LogP contribution in [0.2, 0.25) is 0 Å². The van der Waals surface area contributed by atoms with E-state index in [0.29, 0.717) is 12.6 Å². The molecule has 1 aliphatic heterocycles. The Bertz CT molecular complexity index is 190. The first-order chi connectivity index (χ1) is 6.65. The summed E-state index contributed by atoms with van der Waals surface area (Å²) in [6.45, 7) is 6.89. The van der Waals surface area contributed by atoms with Gasteiger partial charge < -0.3 is 9.84 Å². The van der Waals surface area contributed by atoms with E-state index in [9.17, 15) is 4.79 Å². The van der Waals surface area contributed by atoms with Crippen molar-refractivity contribution >= 4 is 5.97 Å². The molecule has 14 heavy (non-hydrogen) atoms. The van der Waals surface area contributed by atoms with Crippen LogP contribution in [0.4, 0.5) is 0 Å². The number of likely N-dealkylation sites (N-methyl/N-ethyl adjacent to an activating group) is 1. The lowest BCUT2D eigenvalue weighted by molar-refractivity contribution is -0.141. The third kappa shape index (κ3) is 2.96. The molecule has 0 aromatic heterocycles. The third-order valence-corrected chi connectivity index (χ3v) is 2.76. The van der Waals surface area contributed by atoms with E-state index >= 15 is 0 Å². The maximum Gasteiger partial charge on any atom is 0.307 e. The van der Waals surface area contributed by atoms with Crippen LogP contribution in [0.3, 0.4) is 0 Å². The standard InChI is InChI=1S/C10H19NO3/c1-3-11(6-8(2)10(12)13)9-4-5-14-7-9/h8-9H,3-7H2,1-2H3,(H,12,13). The van der Waals surface area contributed by atoms with Gasteiger partial charge in [0.25, 0.3) is 0 Å². The zero-order chi connectivity index (χ0) is 10.6. The maximum atomic E-state index is 10.7. The molecule has 4 nitrogen and oxygen atoms in total. The summed E-state index contributed by atoms with van der Waals surface area (Å²) in [5.74, 6) is -1.02. The highest BCUT2D eigenvalue weighted by Crippen LogP contribution is 2.13. The van der Waals surface area contributed by atoms with Crippen molar-refractivity contribution in [3.63, 3.8) is 0 Å². The van der Waals surface area contributed by atoms with Gasteiger partial charge in [-0.25, -0.2) is 0 Å². The summed E-state index contributed by atoms with van der Waals surface area (Å²) >= 11 is 0. The zero-order valence-corrected chi connectivity index (χ0v) is 8.90. The highest BCUT2D eigenvalue weighted by molar-refractivity contribution is 5.69. The molecule has 0 aromatic carbocycles. The van der Waals surface area contributed by atoms with Crippen molar-refractivity contribution in [1.82, 2.24) is 4.90 Å². The van der Waals surface area contributed by atoms with E-state index in [4.69, 9.17) is 9.84 Å². The van der Waals surface area contributed by atoms with Gasteiger partial charge in [0, 0.05) is 19.2 Å². The van der Waals surface area contributed by atoms with Crippen LogP contribution in [0, 0.1) is 5.92 Å². The van der Waals surface area contributed by atoms with Gasteiger partial charge >= 0.3 is 5.97 Å². The second kappa shape index (κ2) is 5.32. The Morgan fingerprint density at radius 3 is 2.86 bits per heavy atom. The molecule has 0 radical (unpaired) electrons. The molecule has 0 aromatic rings. The lowest BCUT2D eigenvalue weighted by Crippen LogP contribution is -2.40. The summed E-state index contributed by atoms with van der Waals surface area (Å²) in [5.41, 5.74) is 0. The zero-order valence-electron chi connectivity index (χ0n) is 8.90. The van der Waals surface area contributed by atoms with E-state index in [1.165, 1.54) is 0 Å². The number of rotatable bonds is 5. The first-order valence-corrected chi connectivity index (χ1v) is 5.19. The van der Waals surface area contributed by atoms with Gasteiger partial charge in [-0.3, -0.25) is 9.69 Å². The number of hydrogen-bond acceptors (Lipinski definition) is 3. The minimum atomic E-state index is -0.720. The van der Waals surface area contributed by atoms with Gasteiger partial charge in [-0.15, -0.1) is 0 Å². The fraction of sp³-hybridized carbons (Fsp3) is 0.900. The second-order valence-corrected chi connectivity index (χ2v) is 3.84. The van der Waals surface area contributed by atoms with Crippen LogP contribution in [0.5, 0.6) is 0 Å². The molecule has 1 fully saturated rings. The third-order valence-electron chi connectivity index (χ3n) is 2.76. The van der Waals surface area contributed by atoms with Crippen molar-refractivity contribution in [1.29, 1.82) is 0 Å². The Labute approximate surface area is 84.8 Å². The normalized spacial score (nSPS) is 24.1. The van der Waals surface area contributed by atoms with Crippen LogP contribution in [-0.2, 0) is 9.53 Å². The molecular weight excluding hydrogens is 182 g/mol. The lowest BCUT2D eigenvalue weighted by atomic mass is 10.1. The summed E-state index contributed by atoms with van der Waals surface area (Å²) in [4.78, 5) is 12.9. The van der Waals surface area contributed by atoms with E-state index in [1.807, 2.05) is 0 Å². The van der Waals surface area contributed by atoms with Crippen molar-refractivity contribution < 1.29 is 14.6 Å². The molecule has 0 bridgehead atoms. The number of carbonyl (C=O) groups is 1. The van der Waals surface area contributed by atoms with Crippen molar-refractivity contribution in [3.8, 4) is 0 Å². The van der Waals surface area contributed by atoms with Crippen molar-refractivity contribution in [2.24, 2.45) is 5.92 Å². The molecule has 1 saturated heterocycles. The second-order valence-electron chi connectivity index (χ2n) is 3.84. The molecule has 1 N–H and O–H groups in total. The predicted octanol–water partition coefficient (Wildman–Crippen LogP) is 0.818. The van der Waals surface area contributed by atoms with E-state index in [2.05, 4.69) is 11.8 Å². The molecular formula is C10H19NO3. The number of hydrogen-bond donors (Lipinski definition) is 1. The van der Waals surface area contributed by atoms with Gasteiger partial charge in [-0.05, 0) is 13.0 Å². The largest absolute Gasteiger partial charge is 0.481 e. The first-order valence-electron chi connectivity index (χ1n) is 5.19. The lowest BCUT2D eigenvalue weighted by Gasteiger charge is -2.27. The summed E-state index contributed by atoms with van der Waals surface area (Å²) in [5, 5.41) is 8.81. The van der Waals surface area contributed by atoms with Gasteiger partial charge in [0.2, 0.25) is 0 Å². The monoisotopic (exact) mass is 201 g/mol. The Morgan fingerprint density at radius 1 is 1.71 bits per heavy atom. The minimum absolute atomic E-state index is 0.296. The highest BCUT2D eigenvalue weighted by atomic mass is 16.5. The van der Waals surface area contributed by atoms with Crippen molar-refractivity contribution in [2.45, 2.75) is 26.3 Å². The fourth-order valence-electron chi connectivity index (χ4n) is 1.78. The average molecular weight is 201 g/mol. The summed E-state index contributed by atoms with van der Waals surface area (Å²) in [6.07, 6.45) is 1.03. The smallest absolute Gasteiger partial charge is 0.307 e. The van der Waals surface area contributed by atoms with E-state index in [1.54, 1.807) is 6.92 Å². The Balaban J connectivity index is 2.41. The van der Waals surface area contributed by atoms with Crippen LogP contribution in [0.25, 0.3) is 0 Å². The summed E-state index contributed by atoms with van der Waals surface area (Å²) in [6, 6.07) is 0.418. The number of ether oxygens (including phenoxy) is 1. The van der Waals surface area contributed by atoms with Crippen molar-refractivity contribution in [2.75, 3.05) is 26.3 Å². The van der Waals surface area contributed by atoms with Crippen LogP contribution in [0.15, 0.2) is 0 Å². The molecule has 2 unspecified atom stereocenters. The van der Waals surface area contributed by atoms with E-state index in [-0.39, 0.29) is 5.92 Å². The summed E-state index contributed by atoms with van der Waals surface area (Å²) in [7, 11) is 0. The molecule has 2 atom stereocenters. The van der Waals surface area contributed by atoms with Crippen molar-refractivity contribution in [3.05, 3.63) is 0 Å². The van der Waals surface area contributed by atoms with Crippen LogP contribution in [0.1, 0.15) is 20.3 Å². The summed E-state index contributed by atoms with van der Waals surface area (Å²) < 4.78 is 5.29. The molecule has 1 aliphatic rings. The Kier molecular flexibility index (Phi) is 4.35. The van der Waals surface area contributed by atoms with Gasteiger partial charge in [-0.2, -0.15) is 0 Å². The Hall–Kier alpha value is -0.610. The number of aliphatic carboxylic acids is 1. The highest BCUT2D eigenvalue weighted by Gasteiger charge is 2.24. The molecule has 0 aliphatic carbocycles. The molecule has 0 saturated carbocycles. The maximum absolute atomic E-state index is 10.7. The predicted molar refractivity (Wildman–Crippen MR) is 53.3 cm³/mol. The topological polar surface area (TPSA) is 49.8 Å². The molecule has 0 spiro atoms. The molecule has 1 rings (SSSR count). The van der Waals surface area contributed by atoms with Gasteiger partial charge in [0.1, 0.15) is 0 Å². The number of carboxylic acid groups (broad SMARTS) is 1. The molecule has 1 heterocycles. The Morgan fingerprint density at radius 2 is 2.43 bits per heavy atom. The van der Waals surface area contributed by atoms with Crippen LogP contribution < -0.4 is 0 Å². The number of carboxylic acids is 1. The molecule has 82 valence electrons. The fourth-order valence-corrected chi connectivity index (χ4v) is 1.78. The van der Waals surface area contributed by atoms with E-state index < -0.39 is 5.97 Å². The molecule has 0 amide bonds. The van der Waals surface area contributed by atoms with E-state index in [0.717, 1.165) is 26.2 Å².